The molecule has 126 valence electrons. The van der Waals surface area contributed by atoms with E-state index < -0.39 is 11.2 Å². The van der Waals surface area contributed by atoms with Crippen LogP contribution in [0, 0.1) is 10.1 Å². The molecule has 1 heterocycles. The van der Waals surface area contributed by atoms with E-state index in [1.165, 1.54) is 16.4 Å². The van der Waals surface area contributed by atoms with Gasteiger partial charge in [0.05, 0.1) is 0 Å². The fourth-order valence-corrected chi connectivity index (χ4v) is 3.37. The summed E-state index contributed by atoms with van der Waals surface area (Å²) < 4.78 is 5.81. The second kappa shape index (κ2) is 8.47. The summed E-state index contributed by atoms with van der Waals surface area (Å²) in [6.07, 6.45) is 1.19. The minimum absolute atomic E-state index is 0.313. The topological polar surface area (TPSA) is 77.5 Å². The van der Waals surface area contributed by atoms with Crippen molar-refractivity contribution in [3.63, 3.8) is 0 Å². The molecule has 6 nitrogen and oxygen atoms in total. The van der Waals surface area contributed by atoms with Crippen LogP contribution in [0.25, 0.3) is 11.0 Å². The molecule has 0 bridgehead atoms. The monoisotopic (exact) mass is 356 g/mol. The number of aryl methyl sites for hydroxylation is 1. The Morgan fingerprint density at radius 3 is 2.83 bits per heavy atom. The van der Waals surface area contributed by atoms with Crippen LogP contribution < -0.4 is 5.32 Å². The maximum atomic E-state index is 10.7. The summed E-state index contributed by atoms with van der Waals surface area (Å²) in [5.74, 6) is 0.446. The quantitative estimate of drug-likeness (QED) is 0.304. The van der Waals surface area contributed by atoms with Crippen LogP contribution >= 0.6 is 22.5 Å². The van der Waals surface area contributed by atoms with Gasteiger partial charge in [0.2, 0.25) is 0 Å². The molecule has 23 heavy (non-hydrogen) atoms. The first kappa shape index (κ1) is 18.0. The Kier molecular flexibility index (Phi) is 6.61. The van der Waals surface area contributed by atoms with Crippen molar-refractivity contribution < 1.29 is 14.3 Å². The molecule has 1 aromatic heterocycles. The van der Waals surface area contributed by atoms with Gasteiger partial charge in [-0.1, -0.05) is 31.1 Å². The van der Waals surface area contributed by atoms with Crippen molar-refractivity contribution in [1.29, 1.82) is 0 Å². The van der Waals surface area contributed by atoms with Crippen LogP contribution in [0.3, 0.4) is 0 Å². The first-order valence-electron chi connectivity index (χ1n) is 7.48. The van der Waals surface area contributed by atoms with E-state index in [2.05, 4.69) is 23.9 Å². The summed E-state index contributed by atoms with van der Waals surface area (Å²) in [7, 11) is 1.39. The molecule has 1 unspecified atom stereocenters. The van der Waals surface area contributed by atoms with E-state index in [1.54, 1.807) is 6.07 Å². The Labute approximate surface area is 143 Å². The van der Waals surface area contributed by atoms with Gasteiger partial charge in [0, 0.05) is 16.8 Å². The number of benzene rings is 1. The van der Waals surface area contributed by atoms with E-state index in [0.717, 1.165) is 23.1 Å². The highest BCUT2D eigenvalue weighted by molar-refractivity contribution is 8.68. The van der Waals surface area contributed by atoms with Crippen molar-refractivity contribution in [2.24, 2.45) is 0 Å². The fourth-order valence-electron chi connectivity index (χ4n) is 2.41. The van der Waals surface area contributed by atoms with Gasteiger partial charge in [-0.25, -0.2) is 0 Å². The highest BCUT2D eigenvalue weighted by atomic mass is 33.1. The molecule has 0 fully saturated rings. The van der Waals surface area contributed by atoms with Gasteiger partial charge in [-0.15, -0.1) is 21.8 Å². The molecule has 0 radical (unpaired) electrons. The van der Waals surface area contributed by atoms with Crippen LogP contribution in [-0.4, -0.2) is 18.2 Å². The zero-order valence-electron chi connectivity index (χ0n) is 13.1. The number of hydrogen-bond donors (Lipinski definition) is 2. The molecule has 0 saturated heterocycles. The van der Waals surface area contributed by atoms with Gasteiger partial charge in [-0.2, -0.15) is 0 Å². The van der Waals surface area contributed by atoms with Crippen molar-refractivity contribution in [3.05, 3.63) is 39.6 Å². The standard InChI is InChI=1S/C15H20N2O4S2/c1-3-5-10-6-12-11(8-15(10)23-22)7-13(20-12)14(9-16-4-2)21-17(18)19/h6-8,14,16,22H,3-5,9H2,1-2H3. The fraction of sp³-hybridized carbons (Fsp3) is 0.467. The Bertz CT molecular complexity index is 675. The SMILES string of the molecule is CCCc1cc2oc(C(CNCC)O[N+](=O)[O-])cc2cc1SS. The lowest BCUT2D eigenvalue weighted by atomic mass is 10.1. The van der Waals surface area contributed by atoms with E-state index >= 15 is 0 Å². The molecule has 1 atom stereocenters. The van der Waals surface area contributed by atoms with E-state index in [4.69, 9.17) is 9.25 Å². The molecular formula is C15H20N2O4S2. The van der Waals surface area contributed by atoms with Crippen LogP contribution in [-0.2, 0) is 11.3 Å². The van der Waals surface area contributed by atoms with Gasteiger partial charge in [0.25, 0.3) is 5.09 Å². The van der Waals surface area contributed by atoms with Gasteiger partial charge in [0.1, 0.15) is 11.3 Å². The van der Waals surface area contributed by atoms with E-state index in [-0.39, 0.29) is 0 Å². The maximum Gasteiger partial charge on any atom is 0.295 e. The molecule has 0 spiro atoms. The molecule has 1 N–H and O–H groups in total. The van der Waals surface area contributed by atoms with Crippen molar-refractivity contribution in [1.82, 2.24) is 5.32 Å². The first-order chi connectivity index (χ1) is 11.1. The highest BCUT2D eigenvalue weighted by Gasteiger charge is 2.21. The minimum atomic E-state index is -0.785. The zero-order valence-corrected chi connectivity index (χ0v) is 14.8. The van der Waals surface area contributed by atoms with Crippen LogP contribution in [0.1, 0.15) is 37.7 Å². The lowest BCUT2D eigenvalue weighted by molar-refractivity contribution is -0.771. The summed E-state index contributed by atoms with van der Waals surface area (Å²) in [6, 6.07) is 5.78. The van der Waals surface area contributed by atoms with E-state index in [0.29, 0.717) is 24.4 Å². The lowest BCUT2D eigenvalue weighted by Gasteiger charge is -2.12. The number of furan rings is 1. The third-order valence-electron chi connectivity index (χ3n) is 3.45. The Balaban J connectivity index is 2.37. The Hall–Kier alpha value is -1.38. The third kappa shape index (κ3) is 4.55. The zero-order chi connectivity index (χ0) is 16.8. The predicted molar refractivity (Wildman–Crippen MR) is 94.4 cm³/mol. The number of likely N-dealkylation sites (N-methyl/N-ethyl adjacent to an activating group) is 1. The predicted octanol–water partition coefficient (Wildman–Crippen LogP) is 4.18. The normalized spacial score (nSPS) is 12.5. The summed E-state index contributed by atoms with van der Waals surface area (Å²) in [4.78, 5) is 16.5. The summed E-state index contributed by atoms with van der Waals surface area (Å²) in [5.41, 5.74) is 1.88. The summed E-state index contributed by atoms with van der Waals surface area (Å²) in [6.45, 7) is 5.04. The Morgan fingerprint density at radius 2 is 2.22 bits per heavy atom. The van der Waals surface area contributed by atoms with Gasteiger partial charge in [-0.3, -0.25) is 0 Å². The number of fused-ring (bicyclic) bond motifs is 1. The molecule has 0 aliphatic heterocycles. The van der Waals surface area contributed by atoms with Crippen molar-refractivity contribution in [3.8, 4) is 0 Å². The molecule has 2 rings (SSSR count). The number of nitrogens with one attached hydrogen (secondary N) is 1. The molecule has 0 aliphatic rings. The largest absolute Gasteiger partial charge is 0.459 e. The molecular weight excluding hydrogens is 336 g/mol. The lowest BCUT2D eigenvalue weighted by Crippen LogP contribution is -2.24. The van der Waals surface area contributed by atoms with Crippen LogP contribution in [0.15, 0.2) is 27.5 Å². The summed E-state index contributed by atoms with van der Waals surface area (Å²) in [5, 5.41) is 13.9. The molecule has 0 aliphatic carbocycles. The number of thiol groups is 1. The highest BCUT2D eigenvalue weighted by Crippen LogP contribution is 2.34. The molecule has 0 saturated carbocycles. The average Bonchev–Trinajstić information content (AvgIpc) is 2.93. The Morgan fingerprint density at radius 1 is 1.43 bits per heavy atom. The number of nitrogens with zero attached hydrogens (tertiary/aromatic N) is 1. The molecule has 2 aromatic rings. The second-order valence-electron chi connectivity index (χ2n) is 5.11. The van der Waals surface area contributed by atoms with Gasteiger partial charge in [-0.05, 0) is 36.7 Å². The average molecular weight is 356 g/mol. The molecule has 1 aromatic carbocycles. The van der Waals surface area contributed by atoms with Gasteiger partial charge >= 0.3 is 0 Å². The first-order valence-corrected chi connectivity index (χ1v) is 9.35. The second-order valence-corrected chi connectivity index (χ2v) is 6.28. The van der Waals surface area contributed by atoms with Crippen LogP contribution in [0.5, 0.6) is 0 Å². The van der Waals surface area contributed by atoms with Crippen LogP contribution in [0.4, 0.5) is 0 Å². The summed E-state index contributed by atoms with van der Waals surface area (Å²) >= 11 is 4.30. The van der Waals surface area contributed by atoms with Gasteiger partial charge < -0.3 is 14.6 Å². The number of rotatable bonds is 9. The van der Waals surface area contributed by atoms with Gasteiger partial charge in [0.15, 0.2) is 6.10 Å². The number of hydrogen-bond acceptors (Lipinski definition) is 7. The minimum Gasteiger partial charge on any atom is -0.459 e. The van der Waals surface area contributed by atoms with E-state index in [1.807, 2.05) is 19.1 Å². The molecule has 0 amide bonds. The van der Waals surface area contributed by atoms with Crippen molar-refractivity contribution >= 4 is 33.4 Å². The maximum absolute atomic E-state index is 10.7. The molecule has 8 heteroatoms. The third-order valence-corrected chi connectivity index (χ3v) is 4.61. The smallest absolute Gasteiger partial charge is 0.295 e. The van der Waals surface area contributed by atoms with Crippen LogP contribution in [0.2, 0.25) is 0 Å². The van der Waals surface area contributed by atoms with Crippen molar-refractivity contribution in [2.75, 3.05) is 13.1 Å². The van der Waals surface area contributed by atoms with Crippen molar-refractivity contribution in [2.45, 2.75) is 37.7 Å². The van der Waals surface area contributed by atoms with E-state index in [9.17, 15) is 10.1 Å².